The molecule has 5 nitrogen and oxygen atoms in total. The van der Waals surface area contributed by atoms with Crippen LogP contribution in [0.25, 0.3) is 5.57 Å². The average molecular weight is 516 g/mol. The van der Waals surface area contributed by atoms with Gasteiger partial charge in [-0.3, -0.25) is 5.01 Å². The fraction of sp³-hybridized carbons (Fsp3) is 0.312. The molecule has 11 heteroatoms. The Morgan fingerprint density at radius 2 is 2.04 bits per heavy atom. The van der Waals surface area contributed by atoms with E-state index < -0.39 is 24.5 Å². The fourth-order valence-corrected chi connectivity index (χ4v) is 4.08. The van der Waals surface area contributed by atoms with Gasteiger partial charge >= 0.3 is 6.18 Å². The molecule has 0 atom stereocenters. The number of pyridine rings is 1. The number of allylic oxidation sites excluding steroid dienone is 5. The molecule has 2 heterocycles. The van der Waals surface area contributed by atoms with Crippen LogP contribution < -0.4 is 16.3 Å². The van der Waals surface area contributed by atoms with Crippen LogP contribution in [0, 0.1) is 5.82 Å². The lowest BCUT2D eigenvalue weighted by Gasteiger charge is -2.28. The molecule has 27 heavy (non-hydrogen) atoms. The summed E-state index contributed by atoms with van der Waals surface area (Å²) < 4.78 is 56.2. The van der Waals surface area contributed by atoms with E-state index in [1.165, 1.54) is 11.2 Å². The molecule has 0 saturated carbocycles. The van der Waals surface area contributed by atoms with Crippen LogP contribution in [0.4, 0.5) is 17.6 Å². The van der Waals surface area contributed by atoms with Crippen LogP contribution in [0.5, 0.6) is 5.88 Å². The minimum Gasteiger partial charge on any atom is -0.466 e. The number of hydrogen-bond acceptors (Lipinski definition) is 6. The van der Waals surface area contributed by atoms with Gasteiger partial charge in [0.25, 0.3) is 5.88 Å². The Hall–Kier alpha value is -1.47. The van der Waals surface area contributed by atoms with E-state index in [4.69, 9.17) is 11.6 Å². The van der Waals surface area contributed by atoms with Crippen molar-refractivity contribution in [2.75, 3.05) is 6.61 Å². The summed E-state index contributed by atoms with van der Waals surface area (Å²) in [7, 11) is 1.01. The Kier molecular flexibility index (Phi) is 7.03. The third kappa shape index (κ3) is 5.08. The molecule has 0 aromatic carbocycles. The average Bonchev–Trinajstić information content (AvgIpc) is 2.59. The first-order valence-corrected chi connectivity index (χ1v) is 11.0. The number of aromatic nitrogens is 1. The topological polar surface area (TPSA) is 77.4 Å². The molecule has 0 spiro atoms. The first-order chi connectivity index (χ1) is 12.6. The molecule has 1 aliphatic heterocycles. The van der Waals surface area contributed by atoms with Crippen molar-refractivity contribution in [1.82, 2.24) is 9.99 Å². The lowest BCUT2D eigenvalue weighted by molar-refractivity contribution is -0.154. The summed E-state index contributed by atoms with van der Waals surface area (Å²) in [6.45, 7) is 1.97. The number of nitrogens with two attached hydrogens (primary N) is 2. The van der Waals surface area contributed by atoms with Gasteiger partial charge in [0, 0.05) is 44.4 Å². The summed E-state index contributed by atoms with van der Waals surface area (Å²) in [5, 5.41) is 1.44. The maximum atomic E-state index is 14.7. The van der Waals surface area contributed by atoms with Gasteiger partial charge in [-0.1, -0.05) is 6.92 Å². The highest BCUT2D eigenvalue weighted by Gasteiger charge is 2.30. The third-order valence-corrected chi connectivity index (χ3v) is 5.53. The summed E-state index contributed by atoms with van der Waals surface area (Å²) in [5.41, 5.74) is 8.65. The predicted octanol–water partition coefficient (Wildman–Crippen LogP) is 4.66. The normalized spacial score (nSPS) is 16.8. The molecule has 0 unspecified atom stereocenters. The van der Waals surface area contributed by atoms with Crippen LogP contribution >= 0.6 is 30.1 Å². The van der Waals surface area contributed by atoms with Gasteiger partial charge in [-0.2, -0.15) is 17.6 Å². The zero-order valence-corrected chi connectivity index (χ0v) is 17.4. The standard InChI is InChI=1S/C16H17F4IN4OS/c1-3-10-4-9(5-12(8(2)22)25(10)23)11-6-24-15(13(17)14(11)27-21)26-7-16(18,19)20/h4-6H,3,7,22-23H2,1-2H3/b12-8-. The van der Waals surface area contributed by atoms with Crippen molar-refractivity contribution in [3.63, 3.8) is 0 Å². The highest BCUT2D eigenvalue weighted by Crippen LogP contribution is 2.40. The maximum Gasteiger partial charge on any atom is 0.422 e. The Bertz CT molecular complexity index is 819. The third-order valence-electron chi connectivity index (χ3n) is 3.65. The Morgan fingerprint density at radius 3 is 2.56 bits per heavy atom. The molecular formula is C16H17F4IN4OS. The van der Waals surface area contributed by atoms with Crippen molar-refractivity contribution in [1.29, 1.82) is 0 Å². The fourth-order valence-electron chi connectivity index (χ4n) is 2.38. The molecule has 2 rings (SSSR count). The zero-order chi connectivity index (χ0) is 20.4. The van der Waals surface area contributed by atoms with E-state index in [1.54, 1.807) is 19.1 Å². The Morgan fingerprint density at radius 1 is 1.37 bits per heavy atom. The molecule has 1 aromatic rings. The maximum absolute atomic E-state index is 14.7. The van der Waals surface area contributed by atoms with Crippen LogP contribution in [0.15, 0.2) is 40.3 Å². The summed E-state index contributed by atoms with van der Waals surface area (Å²) in [6, 6.07) is 0. The number of alkyl halides is 3. The van der Waals surface area contributed by atoms with Gasteiger partial charge in [0.2, 0.25) is 0 Å². The van der Waals surface area contributed by atoms with Gasteiger partial charge in [-0.25, -0.2) is 10.8 Å². The van der Waals surface area contributed by atoms with Gasteiger partial charge in [0.15, 0.2) is 12.4 Å². The lowest BCUT2D eigenvalue weighted by Crippen LogP contribution is -2.32. The molecule has 1 aliphatic rings. The molecule has 148 valence electrons. The molecule has 0 fully saturated rings. The first-order valence-electron chi connectivity index (χ1n) is 7.69. The van der Waals surface area contributed by atoms with E-state index in [2.05, 4.69) is 9.72 Å². The number of halogens is 5. The van der Waals surface area contributed by atoms with E-state index in [0.717, 1.165) is 14.6 Å². The molecule has 0 bridgehead atoms. The molecule has 0 aliphatic carbocycles. The number of rotatable bonds is 5. The van der Waals surface area contributed by atoms with Gasteiger partial charge in [-0.05, 0) is 40.0 Å². The first kappa shape index (κ1) is 21.8. The summed E-state index contributed by atoms with van der Waals surface area (Å²) >= 11 is 1.85. The van der Waals surface area contributed by atoms with Crippen LogP contribution in [0.2, 0.25) is 0 Å². The highest BCUT2D eigenvalue weighted by atomic mass is 127. The lowest BCUT2D eigenvalue weighted by atomic mass is 10.00. The molecule has 1 aromatic heterocycles. The largest absolute Gasteiger partial charge is 0.466 e. The van der Waals surface area contributed by atoms with Gasteiger partial charge < -0.3 is 10.5 Å². The molecular weight excluding hydrogens is 499 g/mol. The highest BCUT2D eigenvalue weighted by molar-refractivity contribution is 14.2. The predicted molar refractivity (Wildman–Crippen MR) is 105 cm³/mol. The van der Waals surface area contributed by atoms with Crippen LogP contribution in [0.1, 0.15) is 25.8 Å². The Balaban J connectivity index is 2.52. The number of nitrogens with zero attached hydrogens (tertiary/aromatic N) is 2. The van der Waals surface area contributed by atoms with Crippen molar-refractivity contribution in [3.8, 4) is 5.88 Å². The van der Waals surface area contributed by atoms with Crippen LogP contribution in [-0.2, 0) is 0 Å². The van der Waals surface area contributed by atoms with E-state index in [-0.39, 0.29) is 4.90 Å². The monoisotopic (exact) mass is 516 g/mol. The van der Waals surface area contributed by atoms with Gasteiger partial charge in [-0.15, -0.1) is 0 Å². The van der Waals surface area contributed by atoms with Crippen molar-refractivity contribution in [2.45, 2.75) is 31.3 Å². The van der Waals surface area contributed by atoms with Crippen molar-refractivity contribution >= 4 is 35.7 Å². The van der Waals surface area contributed by atoms with Crippen molar-refractivity contribution < 1.29 is 22.3 Å². The molecule has 0 amide bonds. The van der Waals surface area contributed by atoms with E-state index >= 15 is 0 Å². The minimum atomic E-state index is -4.59. The van der Waals surface area contributed by atoms with Crippen molar-refractivity contribution in [2.24, 2.45) is 11.6 Å². The van der Waals surface area contributed by atoms with Crippen LogP contribution in [-0.4, -0.2) is 22.8 Å². The summed E-state index contributed by atoms with van der Waals surface area (Å²) in [5.74, 6) is 4.39. The van der Waals surface area contributed by atoms with Crippen LogP contribution in [0.3, 0.4) is 0 Å². The number of ether oxygens (including phenoxy) is 1. The van der Waals surface area contributed by atoms with Gasteiger partial charge in [0.1, 0.15) is 0 Å². The molecule has 0 saturated heterocycles. The second-order valence-corrected chi connectivity index (χ2v) is 7.51. The zero-order valence-electron chi connectivity index (χ0n) is 14.4. The molecule has 0 radical (unpaired) electrons. The quantitative estimate of drug-likeness (QED) is 0.337. The van der Waals surface area contributed by atoms with E-state index in [1.807, 2.05) is 28.1 Å². The second-order valence-electron chi connectivity index (χ2n) is 5.63. The summed E-state index contributed by atoms with van der Waals surface area (Å²) in [4.78, 5) is 3.84. The smallest absolute Gasteiger partial charge is 0.422 e. The second kappa shape index (κ2) is 8.69. The van der Waals surface area contributed by atoms with Crippen molar-refractivity contribution in [3.05, 3.63) is 46.8 Å². The Labute approximate surface area is 170 Å². The minimum absolute atomic E-state index is 0.111. The van der Waals surface area contributed by atoms with E-state index in [0.29, 0.717) is 29.0 Å². The number of hydrogen-bond donors (Lipinski definition) is 2. The number of hydrazine groups is 1. The van der Waals surface area contributed by atoms with E-state index in [9.17, 15) is 17.6 Å². The summed E-state index contributed by atoms with van der Waals surface area (Å²) in [6.07, 6.45) is 0.728. The SMILES string of the molecule is CCC1=CC(c2cnc(OCC(F)(F)F)c(F)c2SI)=C/C(=C(\C)N)N1N. The van der Waals surface area contributed by atoms with Gasteiger partial charge in [0.05, 0.1) is 10.6 Å². The molecule has 4 N–H and O–H groups in total.